The predicted molar refractivity (Wildman–Crippen MR) is 96.4 cm³/mol. The number of nitrogens with zero attached hydrogens (tertiary/aromatic N) is 2. The van der Waals surface area contributed by atoms with E-state index in [0.29, 0.717) is 0 Å². The average molecular weight is 335 g/mol. The highest BCUT2D eigenvalue weighted by atomic mass is 32.1. The fourth-order valence-corrected chi connectivity index (χ4v) is 3.56. The lowest BCUT2D eigenvalue weighted by Crippen LogP contribution is -2.13. The van der Waals surface area contributed by atoms with E-state index in [1.807, 2.05) is 41.8 Å². The Labute approximate surface area is 144 Å². The van der Waals surface area contributed by atoms with Crippen molar-refractivity contribution in [3.05, 3.63) is 64.5 Å². The molecule has 0 aliphatic heterocycles. The summed E-state index contributed by atoms with van der Waals surface area (Å²) in [5.41, 5.74) is 6.07. The Morgan fingerprint density at radius 2 is 1.79 bits per heavy atom. The number of amides is 1. The van der Waals surface area contributed by atoms with Gasteiger partial charge in [-0.25, -0.2) is 0 Å². The van der Waals surface area contributed by atoms with Crippen LogP contribution in [-0.4, -0.2) is 15.5 Å². The summed E-state index contributed by atoms with van der Waals surface area (Å²) in [5, 5.41) is 8.92. The number of hydrogen-bond donors (Lipinski definition) is 1. The lowest BCUT2D eigenvalue weighted by Gasteiger charge is -2.16. The van der Waals surface area contributed by atoms with E-state index >= 15 is 0 Å². The molecule has 1 heterocycles. The van der Waals surface area contributed by atoms with Gasteiger partial charge < -0.3 is 5.32 Å². The summed E-state index contributed by atoms with van der Waals surface area (Å²) in [4.78, 5) is 12.5. The standard InChI is InChI=1S/C19H17N3OS/c23-19(16-6-5-13-3-1-2-4-15(13)11-16)20-17-9-7-14(8-10-17)18-12-24-22-21-18/h5-12H,1-4H2,(H,20,23). The van der Waals surface area contributed by atoms with Gasteiger partial charge in [0, 0.05) is 22.2 Å². The molecule has 0 unspecified atom stereocenters. The molecule has 0 spiro atoms. The summed E-state index contributed by atoms with van der Waals surface area (Å²) in [6.07, 6.45) is 4.67. The zero-order valence-electron chi connectivity index (χ0n) is 13.2. The van der Waals surface area contributed by atoms with Gasteiger partial charge in [-0.15, -0.1) is 5.10 Å². The normalized spacial score (nSPS) is 13.3. The van der Waals surface area contributed by atoms with E-state index in [9.17, 15) is 4.79 Å². The second kappa shape index (κ2) is 6.53. The minimum atomic E-state index is -0.0635. The molecule has 1 amide bonds. The highest BCUT2D eigenvalue weighted by Gasteiger charge is 2.13. The molecule has 0 fully saturated rings. The maximum Gasteiger partial charge on any atom is 0.255 e. The van der Waals surface area contributed by atoms with Crippen LogP contribution in [0.4, 0.5) is 5.69 Å². The van der Waals surface area contributed by atoms with Crippen molar-refractivity contribution in [1.29, 1.82) is 0 Å². The second-order valence-electron chi connectivity index (χ2n) is 6.01. The SMILES string of the molecule is O=C(Nc1ccc(-c2csnn2)cc1)c1ccc2c(c1)CCCC2. The Morgan fingerprint density at radius 1 is 1.00 bits per heavy atom. The number of fused-ring (bicyclic) bond motifs is 1. The number of carbonyl (C=O) groups is 1. The van der Waals surface area contributed by atoms with Gasteiger partial charge in [0.25, 0.3) is 5.91 Å². The molecule has 1 N–H and O–H groups in total. The number of benzene rings is 2. The molecular weight excluding hydrogens is 318 g/mol. The molecule has 120 valence electrons. The monoisotopic (exact) mass is 335 g/mol. The maximum absolute atomic E-state index is 12.5. The van der Waals surface area contributed by atoms with Gasteiger partial charge in [-0.1, -0.05) is 22.7 Å². The summed E-state index contributed by atoms with van der Waals surface area (Å²) in [7, 11) is 0. The van der Waals surface area contributed by atoms with Gasteiger partial charge in [-0.05, 0) is 72.6 Å². The van der Waals surface area contributed by atoms with Crippen molar-refractivity contribution in [3.8, 4) is 11.3 Å². The number of rotatable bonds is 3. The van der Waals surface area contributed by atoms with Crippen LogP contribution in [0.2, 0.25) is 0 Å². The van der Waals surface area contributed by atoms with Crippen molar-refractivity contribution in [2.24, 2.45) is 0 Å². The molecule has 0 atom stereocenters. The highest BCUT2D eigenvalue weighted by Crippen LogP contribution is 2.23. The number of anilines is 1. The van der Waals surface area contributed by atoms with E-state index in [2.05, 4.69) is 21.0 Å². The van der Waals surface area contributed by atoms with Crippen LogP contribution >= 0.6 is 11.5 Å². The zero-order valence-corrected chi connectivity index (χ0v) is 14.0. The van der Waals surface area contributed by atoms with Crippen molar-refractivity contribution < 1.29 is 4.79 Å². The zero-order chi connectivity index (χ0) is 16.4. The van der Waals surface area contributed by atoms with Crippen LogP contribution in [0.15, 0.2) is 47.8 Å². The molecule has 1 aliphatic carbocycles. The summed E-state index contributed by atoms with van der Waals surface area (Å²) in [6.45, 7) is 0. The highest BCUT2D eigenvalue weighted by molar-refractivity contribution is 7.03. The molecular formula is C19H17N3OS. The summed E-state index contributed by atoms with van der Waals surface area (Å²) in [5.74, 6) is -0.0635. The van der Waals surface area contributed by atoms with Crippen LogP contribution in [-0.2, 0) is 12.8 Å². The van der Waals surface area contributed by atoms with Gasteiger partial charge in [0.05, 0.1) is 0 Å². The van der Waals surface area contributed by atoms with Crippen molar-refractivity contribution in [2.45, 2.75) is 25.7 Å². The van der Waals surface area contributed by atoms with Crippen molar-refractivity contribution in [3.63, 3.8) is 0 Å². The van der Waals surface area contributed by atoms with Crippen LogP contribution < -0.4 is 5.32 Å². The first kappa shape index (κ1) is 15.0. The molecule has 0 radical (unpaired) electrons. The summed E-state index contributed by atoms with van der Waals surface area (Å²) >= 11 is 1.33. The molecule has 2 aromatic carbocycles. The summed E-state index contributed by atoms with van der Waals surface area (Å²) in [6, 6.07) is 13.7. The van der Waals surface area contributed by atoms with Gasteiger partial charge >= 0.3 is 0 Å². The minimum Gasteiger partial charge on any atom is -0.322 e. The topological polar surface area (TPSA) is 54.9 Å². The third-order valence-electron chi connectivity index (χ3n) is 4.41. The molecule has 1 aromatic heterocycles. The molecule has 24 heavy (non-hydrogen) atoms. The largest absolute Gasteiger partial charge is 0.322 e. The fourth-order valence-electron chi connectivity index (χ4n) is 3.09. The van der Waals surface area contributed by atoms with Crippen molar-refractivity contribution in [1.82, 2.24) is 9.59 Å². The van der Waals surface area contributed by atoms with E-state index in [0.717, 1.165) is 35.3 Å². The van der Waals surface area contributed by atoms with Gasteiger partial charge in [-0.2, -0.15) is 0 Å². The molecule has 3 aromatic rings. The van der Waals surface area contributed by atoms with E-state index in [1.54, 1.807) is 0 Å². The van der Waals surface area contributed by atoms with Crippen LogP contribution in [0, 0.1) is 0 Å². The number of nitrogens with one attached hydrogen (secondary N) is 1. The number of carbonyl (C=O) groups excluding carboxylic acids is 1. The lowest BCUT2D eigenvalue weighted by atomic mass is 9.90. The van der Waals surface area contributed by atoms with Crippen LogP contribution in [0.5, 0.6) is 0 Å². The molecule has 5 heteroatoms. The molecule has 4 nitrogen and oxygen atoms in total. The number of aromatic nitrogens is 2. The van der Waals surface area contributed by atoms with Gasteiger partial charge in [0.1, 0.15) is 5.69 Å². The third kappa shape index (κ3) is 3.08. The predicted octanol–water partition coefficient (Wildman–Crippen LogP) is 4.34. The Kier molecular flexibility index (Phi) is 4.09. The molecule has 0 saturated carbocycles. The first-order valence-corrected chi connectivity index (χ1v) is 8.94. The van der Waals surface area contributed by atoms with Crippen LogP contribution in [0.1, 0.15) is 34.3 Å². The van der Waals surface area contributed by atoms with Crippen molar-refractivity contribution in [2.75, 3.05) is 5.32 Å². The fraction of sp³-hybridized carbons (Fsp3) is 0.211. The minimum absolute atomic E-state index is 0.0635. The van der Waals surface area contributed by atoms with E-state index in [4.69, 9.17) is 0 Å². The first-order chi connectivity index (χ1) is 11.8. The third-order valence-corrected chi connectivity index (χ3v) is 4.91. The quantitative estimate of drug-likeness (QED) is 0.775. The van der Waals surface area contributed by atoms with E-state index < -0.39 is 0 Å². The number of aryl methyl sites for hydroxylation is 2. The van der Waals surface area contributed by atoms with Crippen LogP contribution in [0.25, 0.3) is 11.3 Å². The first-order valence-electron chi connectivity index (χ1n) is 8.10. The van der Waals surface area contributed by atoms with Crippen LogP contribution in [0.3, 0.4) is 0 Å². The smallest absolute Gasteiger partial charge is 0.255 e. The maximum atomic E-state index is 12.5. The van der Waals surface area contributed by atoms with Gasteiger partial charge in [-0.3, -0.25) is 4.79 Å². The lowest BCUT2D eigenvalue weighted by molar-refractivity contribution is 0.102. The second-order valence-corrected chi connectivity index (χ2v) is 6.62. The molecule has 4 rings (SSSR count). The average Bonchev–Trinajstić information content (AvgIpc) is 3.16. The van der Waals surface area contributed by atoms with E-state index in [1.165, 1.54) is 35.5 Å². The van der Waals surface area contributed by atoms with Gasteiger partial charge in [0.2, 0.25) is 0 Å². The van der Waals surface area contributed by atoms with Gasteiger partial charge in [0.15, 0.2) is 0 Å². The number of hydrogen-bond acceptors (Lipinski definition) is 4. The Bertz CT molecular complexity index is 857. The molecule has 0 bridgehead atoms. The Hall–Kier alpha value is -2.53. The molecule has 1 aliphatic rings. The van der Waals surface area contributed by atoms with E-state index in [-0.39, 0.29) is 5.91 Å². The van der Waals surface area contributed by atoms with Crippen molar-refractivity contribution >= 4 is 23.1 Å². The Balaban J connectivity index is 1.49. The molecule has 0 saturated heterocycles. The summed E-state index contributed by atoms with van der Waals surface area (Å²) < 4.78 is 3.87. The Morgan fingerprint density at radius 3 is 2.54 bits per heavy atom.